The maximum atomic E-state index is 11.1. The number of carboxylic acids is 1. The number of para-hydroxylation sites is 1. The van der Waals surface area contributed by atoms with E-state index in [-0.39, 0.29) is 17.4 Å². The number of hydrogen-bond acceptors (Lipinski definition) is 8. The van der Waals surface area contributed by atoms with Crippen molar-refractivity contribution in [1.82, 2.24) is 29.5 Å². The van der Waals surface area contributed by atoms with Crippen molar-refractivity contribution in [3.8, 4) is 34.5 Å². The van der Waals surface area contributed by atoms with Crippen LogP contribution in [0.1, 0.15) is 15.9 Å². The van der Waals surface area contributed by atoms with Gasteiger partial charge in [0.15, 0.2) is 0 Å². The Morgan fingerprint density at radius 2 is 1.74 bits per heavy atom. The van der Waals surface area contributed by atoms with Gasteiger partial charge in [0.25, 0.3) is 5.95 Å². The monoisotopic (exact) mass is 472 g/mol. The van der Waals surface area contributed by atoms with Gasteiger partial charge in [-0.1, -0.05) is 30.3 Å². The number of aromatic carboxylic acids is 1. The Hall–Kier alpha value is -4.93. The number of carbonyl (C=O) groups is 1. The van der Waals surface area contributed by atoms with E-state index in [1.54, 1.807) is 18.9 Å². The van der Waals surface area contributed by atoms with Crippen LogP contribution in [0.25, 0.3) is 28.1 Å². The molecule has 0 saturated heterocycles. The minimum Gasteiger partial charge on any atom is -0.496 e. The van der Waals surface area contributed by atoms with Crippen LogP contribution in [-0.2, 0) is 6.54 Å². The maximum absolute atomic E-state index is 11.1. The number of rotatable bonds is 7. The van der Waals surface area contributed by atoms with Gasteiger partial charge in [-0.3, -0.25) is 4.68 Å². The summed E-state index contributed by atoms with van der Waals surface area (Å²) in [5, 5.41) is 28.0. The fourth-order valence-electron chi connectivity index (χ4n) is 3.83. The summed E-state index contributed by atoms with van der Waals surface area (Å²) >= 11 is 0. The molecular weight excluding hydrogens is 452 g/mol. The molecule has 0 fully saturated rings. The number of carboxylic acid groups (broad SMARTS) is 1. The molecule has 5 rings (SSSR count). The fraction of sp³-hybridized carbons (Fsp3) is 0.125. The topological polar surface area (TPSA) is 137 Å². The molecular formula is C24H20N6O5. The van der Waals surface area contributed by atoms with Crippen LogP contribution in [-0.4, -0.2) is 59.9 Å². The lowest BCUT2D eigenvalue weighted by atomic mass is 10.0. The predicted molar refractivity (Wildman–Crippen MR) is 125 cm³/mol. The molecule has 0 unspecified atom stereocenters. The number of benzene rings is 2. The lowest BCUT2D eigenvalue weighted by molar-refractivity contribution is 0.0697. The molecule has 0 saturated carbocycles. The molecule has 3 heterocycles. The summed E-state index contributed by atoms with van der Waals surface area (Å²) in [6.07, 6.45) is 3.95. The van der Waals surface area contributed by atoms with Gasteiger partial charge in [0, 0.05) is 17.3 Å². The van der Waals surface area contributed by atoms with Crippen LogP contribution < -0.4 is 9.47 Å². The van der Waals surface area contributed by atoms with Crippen LogP contribution in [0.5, 0.6) is 17.4 Å². The van der Waals surface area contributed by atoms with Gasteiger partial charge in [0.1, 0.15) is 22.5 Å². The van der Waals surface area contributed by atoms with E-state index in [0.717, 1.165) is 22.4 Å². The molecule has 0 atom stereocenters. The van der Waals surface area contributed by atoms with Crippen molar-refractivity contribution in [1.29, 1.82) is 0 Å². The van der Waals surface area contributed by atoms with Gasteiger partial charge in [-0.25, -0.2) is 14.5 Å². The molecule has 2 aromatic carbocycles. The zero-order chi connectivity index (χ0) is 24.5. The Labute approximate surface area is 198 Å². The third kappa shape index (κ3) is 3.99. The number of hydrogen-bond donors (Lipinski definition) is 2. The number of aromatic nitrogens is 6. The average molecular weight is 472 g/mol. The van der Waals surface area contributed by atoms with Gasteiger partial charge in [-0.15, -0.1) is 0 Å². The average Bonchev–Trinajstić information content (AvgIpc) is 3.52. The lowest BCUT2D eigenvalue weighted by Crippen LogP contribution is -2.05. The van der Waals surface area contributed by atoms with Crippen molar-refractivity contribution < 1.29 is 24.5 Å². The van der Waals surface area contributed by atoms with Crippen molar-refractivity contribution in [2.45, 2.75) is 6.54 Å². The molecule has 0 spiro atoms. The molecule has 3 aromatic heterocycles. The Balaban J connectivity index is 1.48. The molecule has 0 aliphatic carbocycles. The van der Waals surface area contributed by atoms with Crippen molar-refractivity contribution in [3.63, 3.8) is 0 Å². The summed E-state index contributed by atoms with van der Waals surface area (Å²) in [6, 6.07) is 13.5. The van der Waals surface area contributed by atoms with Gasteiger partial charge in [0.2, 0.25) is 5.88 Å². The zero-order valence-corrected chi connectivity index (χ0v) is 18.8. The second-order valence-corrected chi connectivity index (χ2v) is 7.60. The first-order valence-corrected chi connectivity index (χ1v) is 10.5. The molecule has 2 N–H and O–H groups in total. The van der Waals surface area contributed by atoms with Crippen LogP contribution in [0.2, 0.25) is 0 Å². The molecule has 5 aromatic rings. The highest BCUT2D eigenvalue weighted by atomic mass is 16.5. The van der Waals surface area contributed by atoms with Gasteiger partial charge < -0.3 is 19.7 Å². The van der Waals surface area contributed by atoms with Crippen molar-refractivity contribution in [2.75, 3.05) is 14.2 Å². The first-order valence-electron chi connectivity index (χ1n) is 10.5. The summed E-state index contributed by atoms with van der Waals surface area (Å²) in [5.41, 5.74) is 3.38. The van der Waals surface area contributed by atoms with E-state index in [1.807, 2.05) is 42.5 Å². The maximum Gasteiger partial charge on any atom is 0.338 e. The lowest BCUT2D eigenvalue weighted by Gasteiger charge is -2.14. The largest absolute Gasteiger partial charge is 0.496 e. The minimum atomic E-state index is -1.12. The van der Waals surface area contributed by atoms with Gasteiger partial charge in [0.05, 0.1) is 38.7 Å². The molecule has 11 heteroatoms. The summed E-state index contributed by atoms with van der Waals surface area (Å²) in [6.45, 7) is 0.327. The van der Waals surface area contributed by atoms with Crippen molar-refractivity contribution >= 4 is 17.0 Å². The van der Waals surface area contributed by atoms with E-state index in [0.29, 0.717) is 23.3 Å². The van der Waals surface area contributed by atoms with Gasteiger partial charge in [-0.05, 0) is 17.7 Å². The highest BCUT2D eigenvalue weighted by Crippen LogP contribution is 2.37. The van der Waals surface area contributed by atoms with Crippen LogP contribution in [0.15, 0.2) is 61.1 Å². The molecule has 0 bridgehead atoms. The number of fused-ring (bicyclic) bond motifs is 1. The normalized spacial score (nSPS) is 11.0. The third-order valence-corrected chi connectivity index (χ3v) is 5.49. The molecule has 0 aliphatic heterocycles. The van der Waals surface area contributed by atoms with Crippen LogP contribution >= 0.6 is 0 Å². The number of ether oxygens (including phenoxy) is 2. The van der Waals surface area contributed by atoms with Crippen molar-refractivity contribution in [2.24, 2.45) is 0 Å². The molecule has 0 aliphatic rings. The standard InChI is InChI=1S/C24H20N6O5/c1-34-19-6-4-3-5-16(19)17-8-7-14(9-20(17)35-2)12-29-21-18(11-26-29)27-24(28-22(21)31)30-13-15(10-25-30)23(32)33/h3-11,13H,12H2,1-2H3,(H,32,33)(H,27,28,31). The molecule has 176 valence electrons. The fourth-order valence-corrected chi connectivity index (χ4v) is 3.83. The van der Waals surface area contributed by atoms with Crippen LogP contribution in [0, 0.1) is 0 Å². The second-order valence-electron chi connectivity index (χ2n) is 7.60. The first kappa shape index (κ1) is 21.9. The molecule has 11 nitrogen and oxygen atoms in total. The Morgan fingerprint density at radius 3 is 2.49 bits per heavy atom. The Bertz CT molecular complexity index is 1560. The van der Waals surface area contributed by atoms with E-state index < -0.39 is 5.97 Å². The number of aromatic hydroxyl groups is 1. The van der Waals surface area contributed by atoms with Crippen molar-refractivity contribution in [3.05, 3.63) is 72.2 Å². The summed E-state index contributed by atoms with van der Waals surface area (Å²) < 4.78 is 13.9. The van der Waals surface area contributed by atoms with Crippen LogP contribution in [0.3, 0.4) is 0 Å². The smallest absolute Gasteiger partial charge is 0.338 e. The summed E-state index contributed by atoms with van der Waals surface area (Å²) in [5.74, 6) is 0.0141. The second kappa shape index (κ2) is 8.78. The molecule has 0 radical (unpaired) electrons. The van der Waals surface area contributed by atoms with Gasteiger partial charge >= 0.3 is 5.97 Å². The third-order valence-electron chi connectivity index (χ3n) is 5.49. The highest BCUT2D eigenvalue weighted by molar-refractivity contribution is 5.87. The van der Waals surface area contributed by atoms with E-state index in [2.05, 4.69) is 20.2 Å². The Kier molecular flexibility index (Phi) is 5.49. The molecule has 35 heavy (non-hydrogen) atoms. The van der Waals surface area contributed by atoms with Gasteiger partial charge in [-0.2, -0.15) is 15.2 Å². The van der Waals surface area contributed by atoms with E-state index in [1.165, 1.54) is 23.3 Å². The predicted octanol–water partition coefficient (Wildman–Crippen LogP) is 3.15. The summed E-state index contributed by atoms with van der Waals surface area (Å²) in [7, 11) is 3.23. The van der Waals surface area contributed by atoms with E-state index >= 15 is 0 Å². The van der Waals surface area contributed by atoms with E-state index in [9.17, 15) is 9.90 Å². The quantitative estimate of drug-likeness (QED) is 0.366. The van der Waals surface area contributed by atoms with Crippen LogP contribution in [0.4, 0.5) is 0 Å². The highest BCUT2D eigenvalue weighted by Gasteiger charge is 2.17. The minimum absolute atomic E-state index is 0.0191. The van der Waals surface area contributed by atoms with E-state index in [4.69, 9.17) is 14.6 Å². The zero-order valence-electron chi connectivity index (χ0n) is 18.8. The summed E-state index contributed by atoms with van der Waals surface area (Å²) in [4.78, 5) is 19.5. The Morgan fingerprint density at radius 1 is 0.971 bits per heavy atom. The molecule has 0 amide bonds. The number of methoxy groups -OCH3 is 2. The SMILES string of the molecule is COc1ccccc1-c1ccc(Cn2ncc3nc(-n4cc(C(=O)O)cn4)nc(O)c32)cc1OC. The number of nitrogens with zero attached hydrogens (tertiary/aromatic N) is 6. The first-order chi connectivity index (χ1) is 17.0.